The van der Waals surface area contributed by atoms with Gasteiger partial charge in [-0.05, 0) is 17.7 Å². The molecule has 3 rings (SSSR count). The van der Waals surface area contributed by atoms with E-state index in [0.29, 0.717) is 11.3 Å². The third kappa shape index (κ3) is 2.37. The zero-order valence-corrected chi connectivity index (χ0v) is 11.9. The van der Waals surface area contributed by atoms with Gasteiger partial charge in [0.15, 0.2) is 11.5 Å². The Kier molecular flexibility index (Phi) is 3.46. The summed E-state index contributed by atoms with van der Waals surface area (Å²) in [6, 6.07) is 7.34. The summed E-state index contributed by atoms with van der Waals surface area (Å²) in [6.45, 7) is 0. The first-order valence-electron chi connectivity index (χ1n) is 6.77. The van der Waals surface area contributed by atoms with Gasteiger partial charge >= 0.3 is 0 Å². The quantitative estimate of drug-likeness (QED) is 0.680. The van der Waals surface area contributed by atoms with Gasteiger partial charge in [-0.25, -0.2) is 0 Å². The molecule has 2 atom stereocenters. The summed E-state index contributed by atoms with van der Waals surface area (Å²) in [7, 11) is 1.46. The van der Waals surface area contributed by atoms with E-state index in [9.17, 15) is 20.4 Å². The van der Waals surface area contributed by atoms with Gasteiger partial charge in [0.2, 0.25) is 0 Å². The lowest BCUT2D eigenvalue weighted by Gasteiger charge is -2.30. The molecule has 1 aliphatic heterocycles. The summed E-state index contributed by atoms with van der Waals surface area (Å²) in [5.74, 6) is 0.176. The maximum absolute atomic E-state index is 10.2. The highest BCUT2D eigenvalue weighted by molar-refractivity contribution is 5.52. The molecule has 0 aliphatic carbocycles. The number of aliphatic hydroxyl groups is 1. The summed E-state index contributed by atoms with van der Waals surface area (Å²) in [5.41, 5.74) is 0.914. The van der Waals surface area contributed by atoms with Crippen molar-refractivity contribution in [3.05, 3.63) is 41.5 Å². The fourth-order valence-electron chi connectivity index (χ4n) is 2.66. The molecule has 0 spiro atoms. The number of hydrogen-bond acceptors (Lipinski definition) is 6. The van der Waals surface area contributed by atoms with Gasteiger partial charge in [-0.3, -0.25) is 0 Å². The second-order valence-electron chi connectivity index (χ2n) is 5.17. The lowest BCUT2D eigenvalue weighted by molar-refractivity contribution is 0.0630. The van der Waals surface area contributed by atoms with Crippen molar-refractivity contribution in [3.63, 3.8) is 0 Å². The number of aromatic hydroxyl groups is 3. The van der Waals surface area contributed by atoms with E-state index in [1.54, 1.807) is 12.1 Å². The zero-order valence-electron chi connectivity index (χ0n) is 11.9. The Morgan fingerprint density at radius 2 is 1.86 bits per heavy atom. The SMILES string of the molecule is COc1ccc([C@@H]2CC(O)c3c(O)cc(O)cc3O2)cc1O. The zero-order chi connectivity index (χ0) is 15.9. The predicted octanol–water partition coefficient (Wildman–Crippen LogP) is 2.37. The van der Waals surface area contributed by atoms with Crippen LogP contribution in [-0.4, -0.2) is 27.5 Å². The summed E-state index contributed by atoms with van der Waals surface area (Å²) >= 11 is 0. The molecule has 1 heterocycles. The molecule has 0 saturated carbocycles. The van der Waals surface area contributed by atoms with E-state index in [-0.39, 0.29) is 35.0 Å². The highest BCUT2D eigenvalue weighted by atomic mass is 16.5. The topological polar surface area (TPSA) is 99.4 Å². The lowest BCUT2D eigenvalue weighted by Crippen LogP contribution is -2.19. The second kappa shape index (κ2) is 5.31. The summed E-state index contributed by atoms with van der Waals surface area (Å²) in [4.78, 5) is 0. The van der Waals surface area contributed by atoms with Gasteiger partial charge < -0.3 is 29.9 Å². The van der Waals surface area contributed by atoms with Gasteiger partial charge in [0.05, 0.1) is 18.8 Å². The van der Waals surface area contributed by atoms with E-state index >= 15 is 0 Å². The van der Waals surface area contributed by atoms with Crippen LogP contribution in [0.3, 0.4) is 0 Å². The standard InChI is InChI=1S/C16H16O6/c1-21-13-3-2-8(4-10(13)18)14-7-12(20)16-11(19)5-9(17)6-15(16)22-14/h2-6,12,14,17-20H,7H2,1H3/t12?,14-/m0/s1. The van der Waals surface area contributed by atoms with Crippen LogP contribution in [0, 0.1) is 0 Å². The molecule has 0 radical (unpaired) electrons. The number of ether oxygens (including phenoxy) is 2. The number of benzene rings is 2. The van der Waals surface area contributed by atoms with Gasteiger partial charge in [-0.1, -0.05) is 6.07 Å². The molecule has 0 bridgehead atoms. The van der Waals surface area contributed by atoms with Crippen molar-refractivity contribution in [2.24, 2.45) is 0 Å². The van der Waals surface area contributed by atoms with E-state index in [1.807, 2.05) is 0 Å². The smallest absolute Gasteiger partial charge is 0.160 e. The van der Waals surface area contributed by atoms with Gasteiger partial charge in [-0.15, -0.1) is 0 Å². The number of phenolic OH excluding ortho intramolecular Hbond substituents is 3. The molecule has 1 aliphatic rings. The molecule has 0 fully saturated rings. The second-order valence-corrected chi connectivity index (χ2v) is 5.17. The number of rotatable bonds is 2. The third-order valence-corrected chi connectivity index (χ3v) is 3.72. The van der Waals surface area contributed by atoms with E-state index < -0.39 is 12.2 Å². The van der Waals surface area contributed by atoms with Crippen LogP contribution in [0.1, 0.15) is 29.8 Å². The third-order valence-electron chi connectivity index (χ3n) is 3.72. The normalized spacial score (nSPS) is 20.1. The average molecular weight is 304 g/mol. The Balaban J connectivity index is 1.96. The molecule has 116 valence electrons. The highest BCUT2D eigenvalue weighted by Gasteiger charge is 2.31. The largest absolute Gasteiger partial charge is 0.508 e. The van der Waals surface area contributed by atoms with Gasteiger partial charge in [0.1, 0.15) is 23.4 Å². The number of methoxy groups -OCH3 is 1. The number of phenols is 3. The lowest BCUT2D eigenvalue weighted by atomic mass is 9.94. The van der Waals surface area contributed by atoms with Crippen molar-refractivity contribution < 1.29 is 29.9 Å². The van der Waals surface area contributed by atoms with E-state index in [2.05, 4.69) is 0 Å². The van der Waals surface area contributed by atoms with Crippen LogP contribution in [-0.2, 0) is 0 Å². The van der Waals surface area contributed by atoms with Crippen molar-refractivity contribution in [3.8, 4) is 28.7 Å². The van der Waals surface area contributed by atoms with Crippen LogP contribution in [0.25, 0.3) is 0 Å². The first-order chi connectivity index (χ1) is 10.5. The number of fused-ring (bicyclic) bond motifs is 1. The average Bonchev–Trinajstić information content (AvgIpc) is 2.45. The fraction of sp³-hybridized carbons (Fsp3) is 0.250. The van der Waals surface area contributed by atoms with Crippen molar-refractivity contribution in [2.75, 3.05) is 7.11 Å². The summed E-state index contributed by atoms with van der Waals surface area (Å²) in [5, 5.41) is 39.4. The van der Waals surface area contributed by atoms with Crippen molar-refractivity contribution in [1.29, 1.82) is 0 Å². The maximum atomic E-state index is 10.2. The van der Waals surface area contributed by atoms with Crippen LogP contribution >= 0.6 is 0 Å². The van der Waals surface area contributed by atoms with Crippen LogP contribution in [0.2, 0.25) is 0 Å². The molecule has 6 nitrogen and oxygen atoms in total. The van der Waals surface area contributed by atoms with Crippen LogP contribution in [0.5, 0.6) is 28.7 Å². The molecule has 1 unspecified atom stereocenters. The molecule has 6 heteroatoms. The number of aliphatic hydroxyl groups excluding tert-OH is 1. The molecule has 4 N–H and O–H groups in total. The molecule has 2 aromatic carbocycles. The Hall–Kier alpha value is -2.60. The monoisotopic (exact) mass is 304 g/mol. The minimum Gasteiger partial charge on any atom is -0.508 e. The maximum Gasteiger partial charge on any atom is 0.160 e. The minimum absolute atomic E-state index is 0.0253. The van der Waals surface area contributed by atoms with E-state index in [4.69, 9.17) is 9.47 Å². The first kappa shape index (κ1) is 14.3. The van der Waals surface area contributed by atoms with E-state index in [0.717, 1.165) is 6.07 Å². The molecule has 0 saturated heterocycles. The van der Waals surface area contributed by atoms with Crippen LogP contribution in [0.4, 0.5) is 0 Å². The summed E-state index contributed by atoms with van der Waals surface area (Å²) in [6.07, 6.45) is -1.23. The van der Waals surface area contributed by atoms with Crippen molar-refractivity contribution in [2.45, 2.75) is 18.6 Å². The number of hydrogen-bond donors (Lipinski definition) is 4. The Labute approximate surface area is 126 Å². The van der Waals surface area contributed by atoms with Crippen LogP contribution < -0.4 is 9.47 Å². The van der Waals surface area contributed by atoms with Crippen LogP contribution in [0.15, 0.2) is 30.3 Å². The Morgan fingerprint density at radius 1 is 1.09 bits per heavy atom. The molecular weight excluding hydrogens is 288 g/mol. The minimum atomic E-state index is -0.932. The van der Waals surface area contributed by atoms with Crippen molar-refractivity contribution in [1.82, 2.24) is 0 Å². The van der Waals surface area contributed by atoms with Crippen molar-refractivity contribution >= 4 is 0 Å². The summed E-state index contributed by atoms with van der Waals surface area (Å²) < 4.78 is 10.7. The first-order valence-corrected chi connectivity index (χ1v) is 6.77. The van der Waals surface area contributed by atoms with Gasteiger partial charge in [-0.2, -0.15) is 0 Å². The fourth-order valence-corrected chi connectivity index (χ4v) is 2.66. The van der Waals surface area contributed by atoms with Gasteiger partial charge in [0, 0.05) is 18.6 Å². The van der Waals surface area contributed by atoms with Gasteiger partial charge in [0.25, 0.3) is 0 Å². The molecule has 0 amide bonds. The molecule has 2 aromatic rings. The predicted molar refractivity (Wildman–Crippen MR) is 77.4 cm³/mol. The highest BCUT2D eigenvalue weighted by Crippen LogP contribution is 2.47. The Bertz CT molecular complexity index is 712. The molecular formula is C16H16O6. The van der Waals surface area contributed by atoms with E-state index in [1.165, 1.54) is 19.2 Å². The molecule has 22 heavy (non-hydrogen) atoms. The molecule has 0 aromatic heterocycles. The Morgan fingerprint density at radius 3 is 2.55 bits per heavy atom.